The summed E-state index contributed by atoms with van der Waals surface area (Å²) in [5.41, 5.74) is 0. The molecule has 1 unspecified atom stereocenters. The van der Waals surface area contributed by atoms with Crippen molar-refractivity contribution in [2.45, 2.75) is 37.9 Å². The van der Waals surface area contributed by atoms with Crippen molar-refractivity contribution in [2.75, 3.05) is 6.61 Å². The second kappa shape index (κ2) is 2.67. The first kappa shape index (κ1) is 8.93. The molecule has 0 bridgehead atoms. The van der Waals surface area contributed by atoms with Gasteiger partial charge in [-0.1, -0.05) is 0 Å². The Morgan fingerprint density at radius 1 is 1.46 bits per heavy atom. The highest BCUT2D eigenvalue weighted by Crippen LogP contribution is 2.35. The van der Waals surface area contributed by atoms with E-state index in [0.717, 1.165) is 0 Å². The summed E-state index contributed by atoms with van der Waals surface area (Å²) < 4.78 is 15.6. The third kappa shape index (κ3) is 1.33. The van der Waals surface area contributed by atoms with E-state index in [4.69, 9.17) is 19.3 Å². The van der Waals surface area contributed by atoms with E-state index in [1.807, 2.05) is 0 Å². The predicted molar refractivity (Wildman–Crippen MR) is 40.8 cm³/mol. The number of aliphatic hydroxyl groups is 1. The minimum absolute atomic E-state index is 0.230. The van der Waals surface area contributed by atoms with Crippen LogP contribution in [0.3, 0.4) is 0 Å². The van der Waals surface area contributed by atoms with Gasteiger partial charge in [0.1, 0.15) is 6.10 Å². The second-order valence-corrected chi connectivity index (χ2v) is 3.68. The van der Waals surface area contributed by atoms with Gasteiger partial charge in [0.2, 0.25) is 0 Å². The summed E-state index contributed by atoms with van der Waals surface area (Å²) in [6.07, 6.45) is -1.72. The van der Waals surface area contributed by atoms with Crippen LogP contribution in [0.2, 0.25) is 0 Å². The van der Waals surface area contributed by atoms with Gasteiger partial charge in [0.05, 0.1) is 6.61 Å². The van der Waals surface area contributed by atoms with Gasteiger partial charge in [0.15, 0.2) is 18.0 Å². The van der Waals surface area contributed by atoms with E-state index in [2.05, 4.69) is 0 Å². The molecule has 0 spiro atoms. The molecule has 0 aromatic rings. The normalized spacial score (nSPS) is 41.8. The maximum Gasteiger partial charge on any atom is 0.338 e. The molecule has 0 aromatic heterocycles. The van der Waals surface area contributed by atoms with Crippen LogP contribution in [0.4, 0.5) is 0 Å². The number of esters is 1. The van der Waals surface area contributed by atoms with Crippen LogP contribution in [0.1, 0.15) is 13.8 Å². The lowest BCUT2D eigenvalue weighted by molar-refractivity contribution is -0.188. The van der Waals surface area contributed by atoms with Crippen molar-refractivity contribution in [3.63, 3.8) is 0 Å². The Morgan fingerprint density at radius 3 is 2.77 bits per heavy atom. The molecular formula is C8H12O5. The van der Waals surface area contributed by atoms with E-state index >= 15 is 0 Å². The van der Waals surface area contributed by atoms with E-state index in [1.54, 1.807) is 13.8 Å². The Hall–Kier alpha value is -0.650. The Morgan fingerprint density at radius 2 is 2.15 bits per heavy atom. The molecular weight excluding hydrogens is 176 g/mol. The minimum Gasteiger partial charge on any atom is -0.455 e. The third-order valence-electron chi connectivity index (χ3n) is 2.18. The van der Waals surface area contributed by atoms with Gasteiger partial charge in [-0.3, -0.25) is 0 Å². The van der Waals surface area contributed by atoms with Crippen molar-refractivity contribution >= 4 is 5.97 Å². The van der Waals surface area contributed by atoms with Crippen molar-refractivity contribution in [1.29, 1.82) is 0 Å². The van der Waals surface area contributed by atoms with Crippen LogP contribution >= 0.6 is 0 Å². The smallest absolute Gasteiger partial charge is 0.338 e. The third-order valence-corrected chi connectivity index (χ3v) is 2.18. The number of ether oxygens (including phenoxy) is 3. The Labute approximate surface area is 75.6 Å². The van der Waals surface area contributed by atoms with Gasteiger partial charge in [-0.15, -0.1) is 0 Å². The van der Waals surface area contributed by atoms with Crippen LogP contribution in [-0.2, 0) is 19.0 Å². The highest BCUT2D eigenvalue weighted by Gasteiger charge is 2.55. The van der Waals surface area contributed by atoms with Crippen LogP contribution in [-0.4, -0.2) is 41.8 Å². The molecule has 5 nitrogen and oxygen atoms in total. The molecule has 2 fully saturated rings. The van der Waals surface area contributed by atoms with Crippen molar-refractivity contribution in [3.8, 4) is 0 Å². The summed E-state index contributed by atoms with van der Waals surface area (Å²) in [6.45, 7) is 3.23. The Bertz CT molecular complexity index is 237. The van der Waals surface area contributed by atoms with Gasteiger partial charge in [-0.2, -0.15) is 0 Å². The summed E-state index contributed by atoms with van der Waals surface area (Å²) in [7, 11) is 0. The maximum atomic E-state index is 11.2. The van der Waals surface area contributed by atoms with Gasteiger partial charge < -0.3 is 19.3 Å². The van der Waals surface area contributed by atoms with E-state index in [0.29, 0.717) is 0 Å². The summed E-state index contributed by atoms with van der Waals surface area (Å²) in [5.74, 6) is -1.21. The molecule has 0 aliphatic carbocycles. The number of fused-ring (bicyclic) bond motifs is 1. The average Bonchev–Trinajstić information content (AvgIpc) is 2.47. The number of carbonyl (C=O) groups excluding carboxylic acids is 1. The van der Waals surface area contributed by atoms with Crippen LogP contribution in [0.5, 0.6) is 0 Å². The van der Waals surface area contributed by atoms with Crippen LogP contribution < -0.4 is 0 Å². The highest BCUT2D eigenvalue weighted by atomic mass is 16.8. The molecule has 0 radical (unpaired) electrons. The SMILES string of the molecule is CC1(C)O[C@@H]2C(=O)OC(CO)[C@H]2O1. The largest absolute Gasteiger partial charge is 0.455 e. The Balaban J connectivity index is 2.17. The topological polar surface area (TPSA) is 65.0 Å². The van der Waals surface area contributed by atoms with Crippen molar-refractivity contribution in [3.05, 3.63) is 0 Å². The zero-order chi connectivity index (χ0) is 9.64. The fraction of sp³-hybridized carbons (Fsp3) is 0.875. The van der Waals surface area contributed by atoms with Gasteiger partial charge >= 0.3 is 5.97 Å². The van der Waals surface area contributed by atoms with Gasteiger partial charge in [-0.05, 0) is 13.8 Å². The molecule has 3 atom stereocenters. The zero-order valence-electron chi connectivity index (χ0n) is 7.52. The van der Waals surface area contributed by atoms with Crippen LogP contribution in [0.15, 0.2) is 0 Å². The zero-order valence-corrected chi connectivity index (χ0v) is 7.52. The molecule has 5 heteroatoms. The number of aliphatic hydroxyl groups excluding tert-OH is 1. The van der Waals surface area contributed by atoms with Gasteiger partial charge in [-0.25, -0.2) is 4.79 Å². The first-order valence-electron chi connectivity index (χ1n) is 4.20. The lowest BCUT2D eigenvalue weighted by atomic mass is 10.1. The number of hydrogen-bond acceptors (Lipinski definition) is 5. The first-order valence-corrected chi connectivity index (χ1v) is 4.20. The van der Waals surface area contributed by atoms with E-state index in [1.165, 1.54) is 0 Å². The average molecular weight is 188 g/mol. The summed E-state index contributed by atoms with van der Waals surface area (Å²) >= 11 is 0. The molecule has 0 aromatic carbocycles. The molecule has 1 N–H and O–H groups in total. The van der Waals surface area contributed by atoms with Gasteiger partial charge in [0.25, 0.3) is 0 Å². The molecule has 2 saturated heterocycles. The molecule has 2 aliphatic rings. The fourth-order valence-electron chi connectivity index (χ4n) is 1.67. The van der Waals surface area contributed by atoms with Gasteiger partial charge in [0, 0.05) is 0 Å². The number of rotatable bonds is 1. The molecule has 0 saturated carbocycles. The summed E-state index contributed by atoms with van der Waals surface area (Å²) in [5, 5.41) is 8.89. The van der Waals surface area contributed by atoms with Crippen molar-refractivity contribution < 1.29 is 24.1 Å². The molecule has 2 aliphatic heterocycles. The second-order valence-electron chi connectivity index (χ2n) is 3.68. The summed E-state index contributed by atoms with van der Waals surface area (Å²) in [6, 6.07) is 0. The lowest BCUT2D eigenvalue weighted by Gasteiger charge is -2.20. The van der Waals surface area contributed by atoms with E-state index in [-0.39, 0.29) is 6.61 Å². The number of cyclic esters (lactones) is 1. The summed E-state index contributed by atoms with van der Waals surface area (Å²) in [4.78, 5) is 11.2. The van der Waals surface area contributed by atoms with Crippen molar-refractivity contribution in [2.24, 2.45) is 0 Å². The minimum atomic E-state index is -0.762. The maximum absolute atomic E-state index is 11.2. The molecule has 2 heterocycles. The number of hydrogen-bond donors (Lipinski definition) is 1. The highest BCUT2D eigenvalue weighted by molar-refractivity contribution is 5.78. The lowest BCUT2D eigenvalue weighted by Crippen LogP contribution is -2.31. The van der Waals surface area contributed by atoms with Crippen LogP contribution in [0.25, 0.3) is 0 Å². The molecule has 74 valence electrons. The van der Waals surface area contributed by atoms with E-state index in [9.17, 15) is 4.79 Å². The number of carbonyl (C=O) groups is 1. The van der Waals surface area contributed by atoms with Crippen molar-refractivity contribution in [1.82, 2.24) is 0 Å². The monoisotopic (exact) mass is 188 g/mol. The molecule has 13 heavy (non-hydrogen) atoms. The Kier molecular flexibility index (Phi) is 1.83. The van der Waals surface area contributed by atoms with Crippen LogP contribution in [0, 0.1) is 0 Å². The fourth-order valence-corrected chi connectivity index (χ4v) is 1.67. The quantitative estimate of drug-likeness (QED) is 0.558. The first-order chi connectivity index (χ1) is 6.03. The molecule has 0 amide bonds. The van der Waals surface area contributed by atoms with E-state index < -0.39 is 30.1 Å². The predicted octanol–water partition coefficient (Wildman–Crippen LogP) is -0.576. The molecule has 2 rings (SSSR count). The standard InChI is InChI=1S/C8H12O5/c1-8(2)12-5-4(3-9)11-7(10)6(5)13-8/h4-6,9H,3H2,1-2H3/t4?,5-,6+/m1/s1.